The second-order valence-electron chi connectivity index (χ2n) is 5.72. The summed E-state index contributed by atoms with van der Waals surface area (Å²) in [6.45, 7) is 5.39. The van der Waals surface area contributed by atoms with Crippen molar-refractivity contribution in [2.24, 2.45) is 5.92 Å². The van der Waals surface area contributed by atoms with Gasteiger partial charge in [-0.1, -0.05) is 0 Å². The van der Waals surface area contributed by atoms with Crippen LogP contribution in [-0.2, 0) is 0 Å². The number of piperidine rings is 1. The lowest BCUT2D eigenvalue weighted by atomic mass is 9.92. The number of H-pyrrole nitrogens is 1. The maximum atomic E-state index is 4.72. The fourth-order valence-electron chi connectivity index (χ4n) is 3.37. The Morgan fingerprint density at radius 1 is 1.35 bits per heavy atom. The Morgan fingerprint density at radius 3 is 3.15 bits per heavy atom. The predicted octanol–water partition coefficient (Wildman–Crippen LogP) is 2.03. The van der Waals surface area contributed by atoms with E-state index in [-0.39, 0.29) is 0 Å². The van der Waals surface area contributed by atoms with Crippen molar-refractivity contribution >= 4 is 17.3 Å². The standard InChI is InChI=1S/C14H19N5S/c1-9-4-5-12(20-9)13-16-14(18-17-13)19-6-2-3-10-7-15-8-11(10)19/h4-5,10-11,15H,2-3,6-8H2,1H3,(H,16,17,18). The Hall–Kier alpha value is -1.40. The van der Waals surface area contributed by atoms with Crippen LogP contribution in [0.2, 0.25) is 0 Å². The number of fused-ring (bicyclic) bond motifs is 1. The minimum absolute atomic E-state index is 0.567. The zero-order valence-electron chi connectivity index (χ0n) is 11.6. The predicted molar refractivity (Wildman–Crippen MR) is 81.2 cm³/mol. The van der Waals surface area contributed by atoms with Crippen LogP contribution in [0.1, 0.15) is 17.7 Å². The van der Waals surface area contributed by atoms with Crippen LogP contribution in [0.25, 0.3) is 10.7 Å². The SMILES string of the molecule is Cc1ccc(-c2nc(N3CCCC4CNCC43)n[nH]2)s1. The number of nitrogens with zero attached hydrogens (tertiary/aromatic N) is 3. The first kappa shape index (κ1) is 12.3. The van der Waals surface area contributed by atoms with Crippen molar-refractivity contribution in [3.63, 3.8) is 0 Å². The molecular weight excluding hydrogens is 270 g/mol. The van der Waals surface area contributed by atoms with Crippen molar-refractivity contribution < 1.29 is 0 Å². The van der Waals surface area contributed by atoms with Gasteiger partial charge in [-0.3, -0.25) is 5.10 Å². The van der Waals surface area contributed by atoms with Crippen LogP contribution in [0, 0.1) is 12.8 Å². The van der Waals surface area contributed by atoms with E-state index in [1.165, 1.54) is 22.6 Å². The van der Waals surface area contributed by atoms with Gasteiger partial charge in [-0.15, -0.1) is 16.4 Å². The Morgan fingerprint density at radius 2 is 2.30 bits per heavy atom. The normalized spacial score (nSPS) is 25.9. The molecule has 2 unspecified atom stereocenters. The van der Waals surface area contributed by atoms with E-state index in [0.29, 0.717) is 6.04 Å². The monoisotopic (exact) mass is 289 g/mol. The molecule has 4 heterocycles. The largest absolute Gasteiger partial charge is 0.335 e. The Balaban J connectivity index is 1.61. The fraction of sp³-hybridized carbons (Fsp3) is 0.571. The molecule has 2 aliphatic rings. The van der Waals surface area contributed by atoms with Crippen molar-refractivity contribution in [1.29, 1.82) is 0 Å². The Bertz CT molecular complexity index is 604. The minimum Gasteiger partial charge on any atom is -0.335 e. The molecule has 5 nitrogen and oxygen atoms in total. The van der Waals surface area contributed by atoms with Gasteiger partial charge in [0.1, 0.15) is 0 Å². The quantitative estimate of drug-likeness (QED) is 0.888. The molecular formula is C14H19N5S. The molecule has 4 rings (SSSR count). The maximum Gasteiger partial charge on any atom is 0.245 e. The summed E-state index contributed by atoms with van der Waals surface area (Å²) in [5.74, 6) is 2.52. The molecule has 0 radical (unpaired) electrons. The number of hydrogen-bond donors (Lipinski definition) is 2. The molecule has 0 spiro atoms. The summed E-state index contributed by atoms with van der Waals surface area (Å²) in [4.78, 5) is 9.57. The molecule has 0 saturated carbocycles. The lowest BCUT2D eigenvalue weighted by molar-refractivity contribution is 0.381. The summed E-state index contributed by atoms with van der Waals surface area (Å²) in [6, 6.07) is 4.80. The zero-order chi connectivity index (χ0) is 13.5. The number of thiophene rings is 1. The molecule has 6 heteroatoms. The van der Waals surface area contributed by atoms with Crippen LogP contribution < -0.4 is 10.2 Å². The van der Waals surface area contributed by atoms with Gasteiger partial charge in [0.25, 0.3) is 0 Å². The van der Waals surface area contributed by atoms with Crippen LogP contribution in [0.15, 0.2) is 12.1 Å². The average Bonchev–Trinajstić information content (AvgIpc) is 3.17. The first-order chi connectivity index (χ1) is 9.81. The molecule has 2 aliphatic heterocycles. The number of aromatic nitrogens is 3. The molecule has 0 bridgehead atoms. The van der Waals surface area contributed by atoms with E-state index < -0.39 is 0 Å². The fourth-order valence-corrected chi connectivity index (χ4v) is 4.18. The van der Waals surface area contributed by atoms with Gasteiger partial charge < -0.3 is 10.2 Å². The van der Waals surface area contributed by atoms with Crippen LogP contribution in [0.3, 0.4) is 0 Å². The number of nitrogens with one attached hydrogen (secondary N) is 2. The molecule has 0 aliphatic carbocycles. The number of aryl methyl sites for hydroxylation is 1. The van der Waals surface area contributed by atoms with E-state index in [4.69, 9.17) is 4.98 Å². The molecule has 0 aromatic carbocycles. The summed E-state index contributed by atoms with van der Waals surface area (Å²) < 4.78 is 0. The van der Waals surface area contributed by atoms with E-state index in [2.05, 4.69) is 39.5 Å². The topological polar surface area (TPSA) is 56.8 Å². The molecule has 2 fully saturated rings. The molecule has 20 heavy (non-hydrogen) atoms. The molecule has 0 amide bonds. The van der Waals surface area contributed by atoms with E-state index in [1.807, 2.05) is 0 Å². The highest BCUT2D eigenvalue weighted by atomic mass is 32.1. The van der Waals surface area contributed by atoms with E-state index >= 15 is 0 Å². The highest BCUT2D eigenvalue weighted by Gasteiger charge is 2.36. The second-order valence-corrected chi connectivity index (χ2v) is 7.00. The van der Waals surface area contributed by atoms with Gasteiger partial charge in [-0.2, -0.15) is 4.98 Å². The van der Waals surface area contributed by atoms with Gasteiger partial charge >= 0.3 is 0 Å². The zero-order valence-corrected chi connectivity index (χ0v) is 12.4. The number of rotatable bonds is 2. The summed E-state index contributed by atoms with van der Waals surface area (Å²) in [7, 11) is 0. The van der Waals surface area contributed by atoms with E-state index in [0.717, 1.165) is 37.3 Å². The number of aromatic amines is 1. The summed E-state index contributed by atoms with van der Waals surface area (Å²) in [5.41, 5.74) is 0. The summed E-state index contributed by atoms with van der Waals surface area (Å²) in [5, 5.41) is 11.1. The van der Waals surface area contributed by atoms with E-state index in [1.54, 1.807) is 11.3 Å². The molecule has 2 saturated heterocycles. The number of hydrogen-bond acceptors (Lipinski definition) is 5. The van der Waals surface area contributed by atoms with Crippen LogP contribution >= 0.6 is 11.3 Å². The molecule has 2 aromatic rings. The van der Waals surface area contributed by atoms with E-state index in [9.17, 15) is 0 Å². The average molecular weight is 289 g/mol. The summed E-state index contributed by atoms with van der Waals surface area (Å²) >= 11 is 1.76. The first-order valence-corrected chi connectivity index (χ1v) is 8.09. The van der Waals surface area contributed by atoms with Crippen molar-refractivity contribution in [2.75, 3.05) is 24.5 Å². The van der Waals surface area contributed by atoms with Crippen LogP contribution in [-0.4, -0.2) is 40.9 Å². The molecule has 2 aromatic heterocycles. The third-order valence-corrected chi connectivity index (χ3v) is 5.39. The summed E-state index contributed by atoms with van der Waals surface area (Å²) in [6.07, 6.45) is 2.57. The minimum atomic E-state index is 0.567. The maximum absolute atomic E-state index is 4.72. The lowest BCUT2D eigenvalue weighted by Gasteiger charge is -2.36. The van der Waals surface area contributed by atoms with Gasteiger partial charge in [0.15, 0.2) is 5.82 Å². The Kier molecular flexibility index (Phi) is 3.00. The van der Waals surface area contributed by atoms with Crippen molar-refractivity contribution in [3.8, 4) is 10.7 Å². The highest BCUT2D eigenvalue weighted by Crippen LogP contribution is 2.31. The second kappa shape index (κ2) is 4.86. The number of anilines is 1. The smallest absolute Gasteiger partial charge is 0.245 e. The van der Waals surface area contributed by atoms with Crippen molar-refractivity contribution in [1.82, 2.24) is 20.5 Å². The van der Waals surface area contributed by atoms with Crippen LogP contribution in [0.5, 0.6) is 0 Å². The third kappa shape index (κ3) is 2.03. The van der Waals surface area contributed by atoms with Gasteiger partial charge in [-0.05, 0) is 37.8 Å². The molecule has 2 N–H and O–H groups in total. The van der Waals surface area contributed by atoms with Gasteiger partial charge in [0.2, 0.25) is 5.95 Å². The third-order valence-electron chi connectivity index (χ3n) is 4.38. The van der Waals surface area contributed by atoms with Gasteiger partial charge in [-0.25, -0.2) is 0 Å². The van der Waals surface area contributed by atoms with Crippen molar-refractivity contribution in [3.05, 3.63) is 17.0 Å². The van der Waals surface area contributed by atoms with Crippen LogP contribution in [0.4, 0.5) is 5.95 Å². The molecule has 2 atom stereocenters. The van der Waals surface area contributed by atoms with Gasteiger partial charge in [0.05, 0.1) is 4.88 Å². The Labute approximate surface area is 122 Å². The molecule has 106 valence electrons. The van der Waals surface area contributed by atoms with Gasteiger partial charge in [0, 0.05) is 30.6 Å². The van der Waals surface area contributed by atoms with Crippen molar-refractivity contribution in [2.45, 2.75) is 25.8 Å². The first-order valence-electron chi connectivity index (χ1n) is 7.28. The highest BCUT2D eigenvalue weighted by molar-refractivity contribution is 7.15. The lowest BCUT2D eigenvalue weighted by Crippen LogP contribution is -2.45.